The van der Waals surface area contributed by atoms with Crippen molar-refractivity contribution in [3.63, 3.8) is 0 Å². The fourth-order valence-corrected chi connectivity index (χ4v) is 3.57. The van der Waals surface area contributed by atoms with Crippen LogP contribution in [0.25, 0.3) is 0 Å². The lowest BCUT2D eigenvalue weighted by Gasteiger charge is -2.31. The minimum atomic E-state index is -0.270. The Morgan fingerprint density at radius 2 is 1.97 bits per heavy atom. The molecule has 0 atom stereocenters. The number of guanidine groups is 1. The highest BCUT2D eigenvalue weighted by Gasteiger charge is 2.19. The lowest BCUT2D eigenvalue weighted by molar-refractivity contribution is 0.145. The van der Waals surface area contributed by atoms with Gasteiger partial charge in [0.2, 0.25) is 0 Å². The second-order valence-electron chi connectivity index (χ2n) is 7.18. The zero-order chi connectivity index (χ0) is 20.6. The van der Waals surface area contributed by atoms with Crippen molar-refractivity contribution in [1.29, 1.82) is 0 Å². The minimum absolute atomic E-state index is 0.235. The maximum absolute atomic E-state index is 14.6. The van der Waals surface area contributed by atoms with Crippen LogP contribution in [0.2, 0.25) is 5.02 Å². The summed E-state index contributed by atoms with van der Waals surface area (Å²) >= 11 is 6.02. The van der Waals surface area contributed by atoms with Crippen molar-refractivity contribution in [3.8, 4) is 0 Å². The molecule has 29 heavy (non-hydrogen) atoms. The van der Waals surface area contributed by atoms with E-state index < -0.39 is 0 Å². The van der Waals surface area contributed by atoms with Gasteiger partial charge in [0.25, 0.3) is 0 Å². The number of nitrogens with one attached hydrogen (secondary N) is 2. The predicted molar refractivity (Wildman–Crippen MR) is 117 cm³/mol. The standard InChI is InChI=1S/C22H28ClFN4O/c1-2-25-22(26-14-16-4-3-5-18(23)12-16)27-15-17-6-7-21(20(24)13-17)28-10-8-19(29)9-11-28/h3-7,12-13,19,29H,2,8-11,14-15H2,1H3,(H2,25,26,27). The van der Waals surface area contributed by atoms with Gasteiger partial charge in [-0.25, -0.2) is 9.38 Å². The molecule has 3 rings (SSSR count). The molecule has 1 heterocycles. The first-order chi connectivity index (χ1) is 14.0. The normalized spacial score (nSPS) is 15.4. The van der Waals surface area contributed by atoms with E-state index in [1.54, 1.807) is 6.07 Å². The van der Waals surface area contributed by atoms with Gasteiger partial charge < -0.3 is 20.6 Å². The predicted octanol–water partition coefficient (Wildman–Crippen LogP) is 3.70. The minimum Gasteiger partial charge on any atom is -0.393 e. The van der Waals surface area contributed by atoms with Crippen LogP contribution in [0, 0.1) is 5.82 Å². The molecule has 0 amide bonds. The second-order valence-corrected chi connectivity index (χ2v) is 7.62. The van der Waals surface area contributed by atoms with Crippen molar-refractivity contribution in [1.82, 2.24) is 10.6 Å². The molecule has 7 heteroatoms. The van der Waals surface area contributed by atoms with Gasteiger partial charge in [-0.2, -0.15) is 0 Å². The summed E-state index contributed by atoms with van der Waals surface area (Å²) in [5.74, 6) is 0.434. The molecule has 1 saturated heterocycles. The summed E-state index contributed by atoms with van der Waals surface area (Å²) in [5, 5.41) is 16.8. The van der Waals surface area contributed by atoms with Gasteiger partial charge in [0, 0.05) is 31.2 Å². The first-order valence-electron chi connectivity index (χ1n) is 10.0. The highest BCUT2D eigenvalue weighted by atomic mass is 35.5. The largest absolute Gasteiger partial charge is 0.393 e. The maximum Gasteiger partial charge on any atom is 0.191 e. The molecule has 0 aliphatic carbocycles. The van der Waals surface area contributed by atoms with Crippen molar-refractivity contribution >= 4 is 23.2 Å². The smallest absolute Gasteiger partial charge is 0.191 e. The maximum atomic E-state index is 14.6. The molecule has 3 N–H and O–H groups in total. The van der Waals surface area contributed by atoms with Gasteiger partial charge in [0.05, 0.1) is 18.3 Å². The Kier molecular flexibility index (Phi) is 7.72. The average Bonchev–Trinajstić information content (AvgIpc) is 2.71. The zero-order valence-corrected chi connectivity index (χ0v) is 17.4. The molecule has 0 aromatic heterocycles. The van der Waals surface area contributed by atoms with E-state index >= 15 is 0 Å². The molecule has 2 aromatic rings. The molecular weight excluding hydrogens is 391 g/mol. The van der Waals surface area contributed by atoms with Gasteiger partial charge in [-0.1, -0.05) is 29.8 Å². The summed E-state index contributed by atoms with van der Waals surface area (Å²) in [6, 6.07) is 12.9. The number of nitrogens with zero attached hydrogens (tertiary/aromatic N) is 2. The number of rotatable bonds is 6. The van der Waals surface area contributed by atoms with E-state index in [2.05, 4.69) is 15.6 Å². The molecule has 0 unspecified atom stereocenters. The van der Waals surface area contributed by atoms with Crippen molar-refractivity contribution < 1.29 is 9.50 Å². The van der Waals surface area contributed by atoms with Gasteiger partial charge in [-0.05, 0) is 55.2 Å². The van der Waals surface area contributed by atoms with Crippen LogP contribution in [0.3, 0.4) is 0 Å². The first kappa shape index (κ1) is 21.4. The Bertz CT molecular complexity index is 837. The van der Waals surface area contributed by atoms with Gasteiger partial charge in [-0.15, -0.1) is 0 Å². The number of aliphatic hydroxyl groups is 1. The lowest BCUT2D eigenvalue weighted by atomic mass is 10.1. The van der Waals surface area contributed by atoms with Crippen molar-refractivity contribution in [2.24, 2.45) is 4.99 Å². The number of piperidine rings is 1. The summed E-state index contributed by atoms with van der Waals surface area (Å²) in [6.07, 6.45) is 1.09. The van der Waals surface area contributed by atoms with Crippen molar-refractivity contribution in [3.05, 3.63) is 64.4 Å². The van der Waals surface area contributed by atoms with Crippen LogP contribution in [0.1, 0.15) is 30.9 Å². The van der Waals surface area contributed by atoms with Crippen LogP contribution < -0.4 is 15.5 Å². The summed E-state index contributed by atoms with van der Waals surface area (Å²) in [4.78, 5) is 6.57. The number of aliphatic imine (C=N–C) groups is 1. The average molecular weight is 419 g/mol. The van der Waals surface area contributed by atoms with E-state index in [1.807, 2.05) is 48.2 Å². The number of halogens is 2. The van der Waals surface area contributed by atoms with Crippen molar-refractivity contribution in [2.45, 2.75) is 39.0 Å². The molecule has 1 aliphatic rings. The Balaban J connectivity index is 1.60. The number of benzene rings is 2. The number of aliphatic hydroxyl groups excluding tert-OH is 1. The summed E-state index contributed by atoms with van der Waals surface area (Å²) in [7, 11) is 0. The SMILES string of the molecule is CCNC(=NCc1cccc(Cl)c1)NCc1ccc(N2CCC(O)CC2)c(F)c1. The molecule has 1 aliphatic heterocycles. The Morgan fingerprint density at radius 3 is 2.66 bits per heavy atom. The quantitative estimate of drug-likeness (QED) is 0.494. The van der Waals surface area contributed by atoms with Crippen LogP contribution in [0.4, 0.5) is 10.1 Å². The van der Waals surface area contributed by atoms with Crippen molar-refractivity contribution in [2.75, 3.05) is 24.5 Å². The topological polar surface area (TPSA) is 59.9 Å². The van der Waals surface area contributed by atoms with Crippen LogP contribution in [0.15, 0.2) is 47.5 Å². The monoisotopic (exact) mass is 418 g/mol. The third-order valence-corrected chi connectivity index (χ3v) is 5.17. The Hall–Kier alpha value is -2.31. The van der Waals surface area contributed by atoms with E-state index in [0.29, 0.717) is 55.7 Å². The lowest BCUT2D eigenvalue weighted by Crippen LogP contribution is -2.37. The number of hydrogen-bond acceptors (Lipinski definition) is 3. The third-order valence-electron chi connectivity index (χ3n) is 4.93. The Labute approximate surface area is 176 Å². The highest BCUT2D eigenvalue weighted by Crippen LogP contribution is 2.24. The van der Waals surface area contributed by atoms with E-state index in [0.717, 1.165) is 17.7 Å². The number of anilines is 1. The fraction of sp³-hybridized carbons (Fsp3) is 0.409. The van der Waals surface area contributed by atoms with Gasteiger partial charge in [0.1, 0.15) is 5.82 Å². The fourth-order valence-electron chi connectivity index (χ4n) is 3.36. The van der Waals surface area contributed by atoms with Gasteiger partial charge in [0.15, 0.2) is 5.96 Å². The van der Waals surface area contributed by atoms with Crippen LogP contribution in [0.5, 0.6) is 0 Å². The number of hydrogen-bond donors (Lipinski definition) is 3. The van der Waals surface area contributed by atoms with E-state index in [9.17, 15) is 9.50 Å². The molecule has 2 aromatic carbocycles. The molecule has 0 saturated carbocycles. The van der Waals surface area contributed by atoms with E-state index in [1.165, 1.54) is 0 Å². The summed E-state index contributed by atoms with van der Waals surface area (Å²) < 4.78 is 14.6. The van der Waals surface area contributed by atoms with E-state index in [-0.39, 0.29) is 11.9 Å². The molecule has 1 fully saturated rings. The second kappa shape index (κ2) is 10.5. The van der Waals surface area contributed by atoms with E-state index in [4.69, 9.17) is 11.6 Å². The summed E-state index contributed by atoms with van der Waals surface area (Å²) in [6.45, 7) is 5.06. The third kappa shape index (κ3) is 6.34. The molecule has 0 bridgehead atoms. The molecular formula is C22H28ClFN4O. The molecule has 0 spiro atoms. The van der Waals surface area contributed by atoms with Crippen LogP contribution in [-0.4, -0.2) is 36.8 Å². The summed E-state index contributed by atoms with van der Waals surface area (Å²) in [5.41, 5.74) is 2.47. The zero-order valence-electron chi connectivity index (χ0n) is 16.7. The first-order valence-corrected chi connectivity index (χ1v) is 10.4. The molecule has 5 nitrogen and oxygen atoms in total. The molecule has 0 radical (unpaired) electrons. The van der Waals surface area contributed by atoms with Crippen LogP contribution >= 0.6 is 11.6 Å². The van der Waals surface area contributed by atoms with Crippen LogP contribution in [-0.2, 0) is 13.1 Å². The van der Waals surface area contributed by atoms with Gasteiger partial charge >= 0.3 is 0 Å². The Morgan fingerprint density at radius 1 is 1.17 bits per heavy atom. The molecule has 156 valence electrons. The highest BCUT2D eigenvalue weighted by molar-refractivity contribution is 6.30. The van der Waals surface area contributed by atoms with Gasteiger partial charge in [-0.3, -0.25) is 0 Å².